The van der Waals surface area contributed by atoms with Gasteiger partial charge in [-0.2, -0.15) is 0 Å². The topological polar surface area (TPSA) is 44.4 Å². The molecule has 0 aromatic heterocycles. The number of piperidine rings is 1. The summed E-state index contributed by atoms with van der Waals surface area (Å²) in [5.41, 5.74) is 1.27. The van der Waals surface area contributed by atoms with E-state index >= 15 is 0 Å². The average Bonchev–Trinajstić information content (AvgIpc) is 2.50. The third-order valence-electron chi connectivity index (χ3n) is 4.11. The smallest absolute Gasteiger partial charge is 0.234 e. The summed E-state index contributed by atoms with van der Waals surface area (Å²) in [6.07, 6.45) is 4.57. The number of rotatable bonds is 7. The summed E-state index contributed by atoms with van der Waals surface area (Å²) in [5.74, 6) is 0.147. The summed E-state index contributed by atoms with van der Waals surface area (Å²) < 4.78 is 0. The Labute approximate surface area is 127 Å². The lowest BCUT2D eigenvalue weighted by atomic mass is 10.0. The lowest BCUT2D eigenvalue weighted by molar-refractivity contribution is -0.123. The van der Waals surface area contributed by atoms with Crippen LogP contribution in [0, 0.1) is 0 Å². The Balaban J connectivity index is 1.70. The molecule has 116 valence electrons. The van der Waals surface area contributed by atoms with Crippen molar-refractivity contribution in [1.82, 2.24) is 15.5 Å². The number of nitrogens with one attached hydrogen (secondary N) is 2. The van der Waals surface area contributed by atoms with Crippen molar-refractivity contribution >= 4 is 5.91 Å². The molecule has 0 bridgehead atoms. The Kier molecular flexibility index (Phi) is 6.70. The van der Waals surface area contributed by atoms with Crippen LogP contribution in [0.1, 0.15) is 24.8 Å². The Morgan fingerprint density at radius 2 is 2.10 bits per heavy atom. The monoisotopic (exact) mass is 289 g/mol. The quantitative estimate of drug-likeness (QED) is 0.798. The predicted molar refractivity (Wildman–Crippen MR) is 86.3 cm³/mol. The van der Waals surface area contributed by atoms with E-state index in [-0.39, 0.29) is 5.91 Å². The molecule has 0 saturated carbocycles. The molecule has 1 aromatic rings. The highest BCUT2D eigenvalue weighted by Gasteiger charge is 2.23. The van der Waals surface area contributed by atoms with E-state index in [1.807, 2.05) is 25.2 Å². The van der Waals surface area contributed by atoms with Gasteiger partial charge in [0.2, 0.25) is 5.91 Å². The van der Waals surface area contributed by atoms with Crippen molar-refractivity contribution in [2.45, 2.75) is 31.7 Å². The zero-order valence-corrected chi connectivity index (χ0v) is 13.0. The fourth-order valence-electron chi connectivity index (χ4n) is 2.97. The van der Waals surface area contributed by atoms with Crippen LogP contribution in [0.3, 0.4) is 0 Å². The minimum absolute atomic E-state index is 0.147. The number of hydrogen-bond acceptors (Lipinski definition) is 3. The second-order valence-electron chi connectivity index (χ2n) is 5.76. The third kappa shape index (κ3) is 5.48. The average molecular weight is 289 g/mol. The van der Waals surface area contributed by atoms with Crippen molar-refractivity contribution in [3.8, 4) is 0 Å². The number of hydrogen-bond donors (Lipinski definition) is 2. The first-order valence-corrected chi connectivity index (χ1v) is 7.99. The standard InChI is InChI=1S/C17H27N3O/c1-18-13-16-9-5-6-12-20(16)14-17(21)19-11-10-15-7-3-2-4-8-15/h2-4,7-8,16,18H,5-6,9-14H2,1H3,(H,19,21). The molecule has 1 fully saturated rings. The number of nitrogens with zero attached hydrogens (tertiary/aromatic N) is 1. The number of likely N-dealkylation sites (tertiary alicyclic amines) is 1. The largest absolute Gasteiger partial charge is 0.355 e. The van der Waals surface area contributed by atoms with Gasteiger partial charge in [-0.05, 0) is 38.4 Å². The van der Waals surface area contributed by atoms with Crippen LogP contribution in [-0.4, -0.2) is 50.1 Å². The SMILES string of the molecule is CNCC1CCCCN1CC(=O)NCCc1ccccc1. The van der Waals surface area contributed by atoms with Gasteiger partial charge in [0.15, 0.2) is 0 Å². The van der Waals surface area contributed by atoms with E-state index in [1.165, 1.54) is 24.8 Å². The lowest BCUT2D eigenvalue weighted by Gasteiger charge is -2.35. The van der Waals surface area contributed by atoms with Gasteiger partial charge in [-0.15, -0.1) is 0 Å². The first-order valence-electron chi connectivity index (χ1n) is 7.99. The molecule has 0 aliphatic carbocycles. The van der Waals surface area contributed by atoms with Gasteiger partial charge in [0, 0.05) is 19.1 Å². The lowest BCUT2D eigenvalue weighted by Crippen LogP contribution is -2.49. The molecule has 4 heteroatoms. The molecule has 0 radical (unpaired) electrons. The van der Waals surface area contributed by atoms with Crippen LogP contribution < -0.4 is 10.6 Å². The Hall–Kier alpha value is -1.39. The van der Waals surface area contributed by atoms with Crippen LogP contribution in [-0.2, 0) is 11.2 Å². The molecule has 2 N–H and O–H groups in total. The predicted octanol–water partition coefficient (Wildman–Crippen LogP) is 1.42. The fourth-order valence-corrected chi connectivity index (χ4v) is 2.97. The maximum absolute atomic E-state index is 12.1. The maximum atomic E-state index is 12.1. The number of carbonyl (C=O) groups is 1. The highest BCUT2D eigenvalue weighted by Crippen LogP contribution is 2.15. The van der Waals surface area contributed by atoms with E-state index in [0.29, 0.717) is 19.1 Å². The molecule has 1 saturated heterocycles. The molecule has 1 heterocycles. The minimum Gasteiger partial charge on any atom is -0.355 e. The second-order valence-corrected chi connectivity index (χ2v) is 5.76. The zero-order valence-electron chi connectivity index (χ0n) is 13.0. The molecule has 4 nitrogen and oxygen atoms in total. The number of carbonyl (C=O) groups excluding carboxylic acids is 1. The van der Waals surface area contributed by atoms with Crippen molar-refractivity contribution in [2.24, 2.45) is 0 Å². The summed E-state index contributed by atoms with van der Waals surface area (Å²) in [7, 11) is 1.98. The Bertz CT molecular complexity index is 419. The van der Waals surface area contributed by atoms with Crippen LogP contribution in [0.2, 0.25) is 0 Å². The van der Waals surface area contributed by atoms with Crippen molar-refractivity contribution in [3.63, 3.8) is 0 Å². The van der Waals surface area contributed by atoms with Crippen molar-refractivity contribution in [2.75, 3.05) is 33.2 Å². The molecule has 1 aromatic carbocycles. The number of likely N-dealkylation sites (N-methyl/N-ethyl adjacent to an activating group) is 1. The summed E-state index contributed by atoms with van der Waals surface area (Å²) >= 11 is 0. The summed E-state index contributed by atoms with van der Waals surface area (Å²) in [6, 6.07) is 10.8. The van der Waals surface area contributed by atoms with Crippen LogP contribution in [0.5, 0.6) is 0 Å². The third-order valence-corrected chi connectivity index (χ3v) is 4.11. The molecule has 1 unspecified atom stereocenters. The van der Waals surface area contributed by atoms with E-state index < -0.39 is 0 Å². The summed E-state index contributed by atoms with van der Waals surface area (Å²) in [6.45, 7) is 3.25. The molecule has 2 rings (SSSR count). The first kappa shape index (κ1) is 16.0. The van der Waals surface area contributed by atoms with E-state index in [2.05, 4.69) is 27.7 Å². The van der Waals surface area contributed by atoms with Gasteiger partial charge in [-0.3, -0.25) is 9.69 Å². The normalized spacial score (nSPS) is 19.4. The molecule has 1 aliphatic rings. The fraction of sp³-hybridized carbons (Fsp3) is 0.588. The van der Waals surface area contributed by atoms with E-state index in [0.717, 1.165) is 19.5 Å². The van der Waals surface area contributed by atoms with Gasteiger partial charge in [-0.1, -0.05) is 36.8 Å². The molecule has 0 spiro atoms. The molecule has 1 aliphatic heterocycles. The van der Waals surface area contributed by atoms with Crippen molar-refractivity contribution < 1.29 is 4.79 Å². The highest BCUT2D eigenvalue weighted by atomic mass is 16.2. The van der Waals surface area contributed by atoms with Gasteiger partial charge in [-0.25, -0.2) is 0 Å². The number of amides is 1. The van der Waals surface area contributed by atoms with Crippen LogP contribution in [0.25, 0.3) is 0 Å². The van der Waals surface area contributed by atoms with Gasteiger partial charge in [0.25, 0.3) is 0 Å². The Morgan fingerprint density at radius 3 is 2.86 bits per heavy atom. The summed E-state index contributed by atoms with van der Waals surface area (Å²) in [5, 5.41) is 6.27. The van der Waals surface area contributed by atoms with Crippen LogP contribution in [0.15, 0.2) is 30.3 Å². The zero-order chi connectivity index (χ0) is 14.9. The van der Waals surface area contributed by atoms with Crippen LogP contribution >= 0.6 is 0 Å². The first-order chi connectivity index (χ1) is 10.3. The number of benzene rings is 1. The highest BCUT2D eigenvalue weighted by molar-refractivity contribution is 5.78. The molecule has 1 amide bonds. The molecular formula is C17H27N3O. The van der Waals surface area contributed by atoms with Gasteiger partial charge < -0.3 is 10.6 Å². The molecule has 1 atom stereocenters. The minimum atomic E-state index is 0.147. The van der Waals surface area contributed by atoms with E-state index in [9.17, 15) is 4.79 Å². The van der Waals surface area contributed by atoms with Crippen molar-refractivity contribution in [1.29, 1.82) is 0 Å². The van der Waals surface area contributed by atoms with Gasteiger partial charge in [0.05, 0.1) is 6.54 Å². The molecule has 21 heavy (non-hydrogen) atoms. The van der Waals surface area contributed by atoms with Crippen molar-refractivity contribution in [3.05, 3.63) is 35.9 Å². The van der Waals surface area contributed by atoms with E-state index in [4.69, 9.17) is 0 Å². The van der Waals surface area contributed by atoms with Gasteiger partial charge >= 0.3 is 0 Å². The van der Waals surface area contributed by atoms with E-state index in [1.54, 1.807) is 0 Å². The maximum Gasteiger partial charge on any atom is 0.234 e. The van der Waals surface area contributed by atoms with Crippen LogP contribution in [0.4, 0.5) is 0 Å². The summed E-state index contributed by atoms with van der Waals surface area (Å²) in [4.78, 5) is 14.4. The van der Waals surface area contributed by atoms with Gasteiger partial charge in [0.1, 0.15) is 0 Å². The second kappa shape index (κ2) is 8.80. The molecular weight excluding hydrogens is 262 g/mol. The Morgan fingerprint density at radius 1 is 1.29 bits per heavy atom.